The van der Waals surface area contributed by atoms with Gasteiger partial charge in [0.05, 0.1) is 25.4 Å². The third-order valence-corrected chi connectivity index (χ3v) is 14.6. The number of carbonyl (C=O) groups excluding carboxylic acids is 1. The second-order valence-corrected chi connectivity index (χ2v) is 21.5. The molecule has 1 saturated heterocycles. The van der Waals surface area contributed by atoms with Gasteiger partial charge in [0.1, 0.15) is 24.4 Å². The van der Waals surface area contributed by atoms with Crippen LogP contribution in [0.3, 0.4) is 0 Å². The van der Waals surface area contributed by atoms with Crippen molar-refractivity contribution in [1.82, 2.24) is 5.32 Å². The lowest BCUT2D eigenvalue weighted by Gasteiger charge is -2.40. The lowest BCUT2D eigenvalue weighted by molar-refractivity contribution is -0.302. The summed E-state index contributed by atoms with van der Waals surface area (Å²) < 4.78 is 11.3. The minimum atomic E-state index is -1.57. The fourth-order valence-corrected chi connectivity index (χ4v) is 9.73. The predicted octanol–water partition coefficient (Wildman–Crippen LogP) is 15.7. The van der Waals surface area contributed by atoms with Gasteiger partial charge in [-0.15, -0.1) is 0 Å². The maximum atomic E-state index is 13.1. The maximum absolute atomic E-state index is 13.1. The van der Waals surface area contributed by atoms with Crippen molar-refractivity contribution >= 4 is 5.91 Å². The van der Waals surface area contributed by atoms with Crippen LogP contribution >= 0.6 is 0 Å². The molecule has 422 valence electrons. The molecule has 0 aromatic heterocycles. The number of unbranched alkanes of at least 4 members (excludes halogenated alkanes) is 37. The fourth-order valence-electron chi connectivity index (χ4n) is 9.73. The van der Waals surface area contributed by atoms with Crippen molar-refractivity contribution in [2.75, 3.05) is 13.2 Å². The Labute approximate surface area is 444 Å². The molecule has 1 amide bonds. The average molecular weight is 1020 g/mol. The maximum Gasteiger partial charge on any atom is 0.220 e. The van der Waals surface area contributed by atoms with Crippen LogP contribution in [0.25, 0.3) is 0 Å². The standard InChI is InChI=1S/C63H117NO8/c1-3-5-7-9-11-13-15-17-19-21-23-25-26-27-28-29-30-31-32-33-35-37-39-41-43-45-47-49-51-53-59(67)64-56(55-71-63-62(70)61(69)60(68)58(54-65)72-63)57(66)52-50-48-46-44-42-40-38-36-34-24-22-20-18-16-14-12-10-8-6-4-2/h15,17,21,23,42,44,50,52,56-58,60-63,65-66,68-70H,3-14,16,18-20,22,24-41,43,45-49,51,53-55H2,1-2H3,(H,64,67)/b17-15-,23-21-,44-42+,52-50+. The lowest BCUT2D eigenvalue weighted by atomic mass is 9.99. The average Bonchev–Trinajstić information content (AvgIpc) is 3.38. The first-order chi connectivity index (χ1) is 35.3. The number of aliphatic hydroxyl groups is 5. The van der Waals surface area contributed by atoms with Crippen molar-refractivity contribution in [1.29, 1.82) is 0 Å². The van der Waals surface area contributed by atoms with E-state index in [0.717, 1.165) is 44.9 Å². The van der Waals surface area contributed by atoms with Crippen molar-refractivity contribution in [3.8, 4) is 0 Å². The van der Waals surface area contributed by atoms with E-state index in [-0.39, 0.29) is 12.5 Å². The molecule has 72 heavy (non-hydrogen) atoms. The van der Waals surface area contributed by atoms with Crippen LogP contribution < -0.4 is 5.32 Å². The van der Waals surface area contributed by atoms with Crippen molar-refractivity contribution in [2.45, 2.75) is 333 Å². The van der Waals surface area contributed by atoms with E-state index < -0.39 is 49.5 Å². The summed E-state index contributed by atoms with van der Waals surface area (Å²) in [6.45, 7) is 3.78. The highest BCUT2D eigenvalue weighted by atomic mass is 16.7. The summed E-state index contributed by atoms with van der Waals surface area (Å²) in [4.78, 5) is 13.1. The van der Waals surface area contributed by atoms with E-state index in [1.165, 1.54) is 225 Å². The van der Waals surface area contributed by atoms with Crippen molar-refractivity contribution in [3.05, 3.63) is 48.6 Å². The summed E-state index contributed by atoms with van der Waals surface area (Å²) in [6.07, 6.45) is 63.3. The molecule has 9 heteroatoms. The SMILES string of the molecule is CCCCCCC/C=C\C/C=C\CCCCCCCCCCCCCCCCCCCC(=O)NC(COC1OC(CO)C(O)C(O)C1O)C(O)/C=C/CC/C=C/CCCCCCCCCCCCCCCC. The van der Waals surface area contributed by atoms with Gasteiger partial charge >= 0.3 is 0 Å². The normalized spacial score (nSPS) is 19.5. The van der Waals surface area contributed by atoms with Gasteiger partial charge in [0.2, 0.25) is 5.91 Å². The molecule has 1 rings (SSSR count). The molecule has 0 saturated carbocycles. The molecule has 1 heterocycles. The first-order valence-electron chi connectivity index (χ1n) is 30.9. The Balaban J connectivity index is 2.19. The number of carbonyl (C=O) groups is 1. The first-order valence-corrected chi connectivity index (χ1v) is 30.9. The number of nitrogens with one attached hydrogen (secondary N) is 1. The minimum Gasteiger partial charge on any atom is -0.394 e. The fraction of sp³-hybridized carbons (Fsp3) is 0.857. The third kappa shape index (κ3) is 41.4. The Hall–Kier alpha value is -1.85. The Kier molecular flexibility index (Phi) is 49.8. The van der Waals surface area contributed by atoms with E-state index in [1.54, 1.807) is 6.08 Å². The molecule has 1 aliphatic heterocycles. The summed E-state index contributed by atoms with van der Waals surface area (Å²) in [6, 6.07) is -0.822. The molecule has 0 aromatic carbocycles. The Bertz CT molecular complexity index is 1270. The summed E-state index contributed by atoms with van der Waals surface area (Å²) in [7, 11) is 0. The Morgan fingerprint density at radius 1 is 0.472 bits per heavy atom. The zero-order valence-electron chi connectivity index (χ0n) is 46.9. The Morgan fingerprint density at radius 2 is 0.833 bits per heavy atom. The van der Waals surface area contributed by atoms with Gasteiger partial charge in [-0.25, -0.2) is 0 Å². The van der Waals surface area contributed by atoms with Crippen LogP contribution in [0.2, 0.25) is 0 Å². The first kappa shape index (κ1) is 68.2. The number of allylic oxidation sites excluding steroid dienone is 7. The summed E-state index contributed by atoms with van der Waals surface area (Å²) in [5, 5.41) is 54.6. The van der Waals surface area contributed by atoms with Gasteiger partial charge < -0.3 is 40.3 Å². The molecule has 0 aromatic rings. The number of hydrogen-bond acceptors (Lipinski definition) is 8. The lowest BCUT2D eigenvalue weighted by Crippen LogP contribution is -2.60. The highest BCUT2D eigenvalue weighted by Gasteiger charge is 2.44. The quantitative estimate of drug-likeness (QED) is 0.0261. The molecule has 7 unspecified atom stereocenters. The highest BCUT2D eigenvalue weighted by molar-refractivity contribution is 5.76. The molecule has 9 nitrogen and oxygen atoms in total. The monoisotopic (exact) mass is 1020 g/mol. The van der Waals surface area contributed by atoms with E-state index >= 15 is 0 Å². The van der Waals surface area contributed by atoms with Crippen LogP contribution in [-0.4, -0.2) is 87.5 Å². The number of hydrogen-bond donors (Lipinski definition) is 6. The summed E-state index contributed by atoms with van der Waals surface area (Å²) in [5.41, 5.74) is 0. The zero-order valence-corrected chi connectivity index (χ0v) is 46.9. The predicted molar refractivity (Wildman–Crippen MR) is 304 cm³/mol. The van der Waals surface area contributed by atoms with Crippen LogP contribution in [0.5, 0.6) is 0 Å². The highest BCUT2D eigenvalue weighted by Crippen LogP contribution is 2.23. The number of amides is 1. The van der Waals surface area contributed by atoms with E-state index in [2.05, 4.69) is 55.6 Å². The zero-order chi connectivity index (χ0) is 52.2. The summed E-state index contributed by atoms with van der Waals surface area (Å²) in [5.74, 6) is -0.183. The van der Waals surface area contributed by atoms with Gasteiger partial charge in [-0.05, 0) is 64.2 Å². The van der Waals surface area contributed by atoms with Crippen molar-refractivity contribution < 1.29 is 39.8 Å². The van der Waals surface area contributed by atoms with Crippen LogP contribution in [0.15, 0.2) is 48.6 Å². The molecule has 0 radical (unpaired) electrons. The molecule has 0 bridgehead atoms. The van der Waals surface area contributed by atoms with Gasteiger partial charge in [-0.1, -0.05) is 268 Å². The van der Waals surface area contributed by atoms with Crippen LogP contribution in [0, 0.1) is 0 Å². The van der Waals surface area contributed by atoms with Crippen molar-refractivity contribution in [2.24, 2.45) is 0 Å². The second kappa shape index (κ2) is 52.6. The largest absolute Gasteiger partial charge is 0.394 e. The van der Waals surface area contributed by atoms with Gasteiger partial charge in [-0.2, -0.15) is 0 Å². The van der Waals surface area contributed by atoms with Gasteiger partial charge in [0, 0.05) is 6.42 Å². The molecule has 6 N–H and O–H groups in total. The molecular weight excluding hydrogens is 899 g/mol. The Morgan fingerprint density at radius 3 is 1.25 bits per heavy atom. The molecule has 1 fully saturated rings. The van der Waals surface area contributed by atoms with Crippen LogP contribution in [-0.2, 0) is 14.3 Å². The number of ether oxygens (including phenoxy) is 2. The number of aliphatic hydroxyl groups excluding tert-OH is 5. The van der Waals surface area contributed by atoms with Crippen molar-refractivity contribution in [3.63, 3.8) is 0 Å². The molecule has 7 atom stereocenters. The number of rotatable bonds is 53. The molecule has 0 spiro atoms. The minimum absolute atomic E-state index is 0.183. The van der Waals surface area contributed by atoms with Gasteiger partial charge in [0.25, 0.3) is 0 Å². The third-order valence-electron chi connectivity index (χ3n) is 14.6. The smallest absolute Gasteiger partial charge is 0.220 e. The molecule has 1 aliphatic rings. The topological polar surface area (TPSA) is 149 Å². The summed E-state index contributed by atoms with van der Waals surface area (Å²) >= 11 is 0. The van der Waals surface area contributed by atoms with Gasteiger partial charge in [0.15, 0.2) is 6.29 Å². The second-order valence-electron chi connectivity index (χ2n) is 21.5. The van der Waals surface area contributed by atoms with E-state index in [1.807, 2.05) is 6.08 Å². The van der Waals surface area contributed by atoms with Crippen LogP contribution in [0.1, 0.15) is 290 Å². The molecule has 0 aliphatic carbocycles. The van der Waals surface area contributed by atoms with E-state index in [0.29, 0.717) is 6.42 Å². The van der Waals surface area contributed by atoms with E-state index in [9.17, 15) is 30.3 Å². The molecular formula is C63H117NO8. The van der Waals surface area contributed by atoms with Gasteiger partial charge in [-0.3, -0.25) is 4.79 Å². The van der Waals surface area contributed by atoms with Crippen LogP contribution in [0.4, 0.5) is 0 Å². The van der Waals surface area contributed by atoms with E-state index in [4.69, 9.17) is 9.47 Å².